The summed E-state index contributed by atoms with van der Waals surface area (Å²) in [5.41, 5.74) is 2.35. The van der Waals surface area contributed by atoms with Gasteiger partial charge in [0.15, 0.2) is 0 Å². The molecule has 3 nitrogen and oxygen atoms in total. The predicted molar refractivity (Wildman–Crippen MR) is 85.4 cm³/mol. The summed E-state index contributed by atoms with van der Waals surface area (Å²) in [6.45, 7) is 7.66. The predicted octanol–water partition coefficient (Wildman–Crippen LogP) is 3.85. The van der Waals surface area contributed by atoms with Crippen molar-refractivity contribution in [1.29, 1.82) is 0 Å². The Bertz CT molecular complexity index is 474. The molecule has 0 aromatic carbocycles. The van der Waals surface area contributed by atoms with Crippen molar-refractivity contribution in [2.45, 2.75) is 71.6 Å². The van der Waals surface area contributed by atoms with E-state index in [2.05, 4.69) is 43.2 Å². The van der Waals surface area contributed by atoms with Crippen LogP contribution in [0.25, 0.3) is 0 Å². The molecule has 0 aliphatic heterocycles. The Balaban J connectivity index is 1.63. The van der Waals surface area contributed by atoms with E-state index in [-0.39, 0.29) is 0 Å². The van der Waals surface area contributed by atoms with Crippen LogP contribution >= 0.6 is 0 Å². The SMILES string of the molecule is Cc1cc(CNC2CC2)cc(OC2CC(C)CC(C)C2)n1. The van der Waals surface area contributed by atoms with Gasteiger partial charge in [-0.25, -0.2) is 4.98 Å². The van der Waals surface area contributed by atoms with Gasteiger partial charge in [-0.3, -0.25) is 0 Å². The van der Waals surface area contributed by atoms with E-state index in [1.54, 1.807) is 0 Å². The second-order valence-corrected chi connectivity index (χ2v) is 7.27. The highest BCUT2D eigenvalue weighted by molar-refractivity contribution is 5.25. The summed E-state index contributed by atoms with van der Waals surface area (Å²) in [5, 5.41) is 3.56. The first kappa shape index (κ1) is 14.8. The average Bonchev–Trinajstić information content (AvgIpc) is 3.18. The molecule has 0 bridgehead atoms. The smallest absolute Gasteiger partial charge is 0.214 e. The first-order valence-electron chi connectivity index (χ1n) is 8.46. The Morgan fingerprint density at radius 3 is 2.52 bits per heavy atom. The van der Waals surface area contributed by atoms with Crippen molar-refractivity contribution in [2.75, 3.05) is 0 Å². The summed E-state index contributed by atoms with van der Waals surface area (Å²) in [5.74, 6) is 2.34. The van der Waals surface area contributed by atoms with Gasteiger partial charge in [0.05, 0.1) is 0 Å². The van der Waals surface area contributed by atoms with Gasteiger partial charge in [-0.15, -0.1) is 0 Å². The van der Waals surface area contributed by atoms with Crippen LogP contribution < -0.4 is 10.1 Å². The topological polar surface area (TPSA) is 34.1 Å². The maximum atomic E-state index is 6.20. The number of aryl methyl sites for hydroxylation is 1. The Morgan fingerprint density at radius 1 is 1.14 bits per heavy atom. The van der Waals surface area contributed by atoms with Crippen LogP contribution in [0.3, 0.4) is 0 Å². The lowest BCUT2D eigenvalue weighted by Crippen LogP contribution is -2.28. The lowest BCUT2D eigenvalue weighted by Gasteiger charge is -2.31. The van der Waals surface area contributed by atoms with Crippen LogP contribution in [0.2, 0.25) is 0 Å². The number of aromatic nitrogens is 1. The van der Waals surface area contributed by atoms with Gasteiger partial charge in [-0.2, -0.15) is 0 Å². The van der Waals surface area contributed by atoms with Crippen LogP contribution in [-0.2, 0) is 6.54 Å². The molecule has 2 unspecified atom stereocenters. The van der Waals surface area contributed by atoms with Crippen LogP contribution in [0.4, 0.5) is 0 Å². The third-order valence-corrected chi connectivity index (χ3v) is 4.58. The minimum atomic E-state index is 0.335. The molecule has 21 heavy (non-hydrogen) atoms. The van der Waals surface area contributed by atoms with Crippen molar-refractivity contribution in [3.05, 3.63) is 23.4 Å². The lowest BCUT2D eigenvalue weighted by atomic mass is 9.82. The monoisotopic (exact) mass is 288 g/mol. The molecule has 2 atom stereocenters. The third kappa shape index (κ3) is 4.44. The zero-order chi connectivity index (χ0) is 14.8. The molecule has 3 heteroatoms. The first-order chi connectivity index (χ1) is 10.1. The van der Waals surface area contributed by atoms with Gasteiger partial charge in [0.1, 0.15) is 6.10 Å². The van der Waals surface area contributed by atoms with E-state index in [4.69, 9.17) is 4.74 Å². The van der Waals surface area contributed by atoms with Gasteiger partial charge < -0.3 is 10.1 Å². The van der Waals surface area contributed by atoms with E-state index < -0.39 is 0 Å². The van der Waals surface area contributed by atoms with Crippen LogP contribution in [0.5, 0.6) is 5.88 Å². The molecule has 0 radical (unpaired) electrons. The van der Waals surface area contributed by atoms with Gasteiger partial charge in [-0.1, -0.05) is 13.8 Å². The van der Waals surface area contributed by atoms with Gasteiger partial charge >= 0.3 is 0 Å². The molecule has 2 aliphatic carbocycles. The Hall–Kier alpha value is -1.09. The molecule has 2 fully saturated rings. The average molecular weight is 288 g/mol. The summed E-state index contributed by atoms with van der Waals surface area (Å²) in [4.78, 5) is 4.57. The van der Waals surface area contributed by atoms with Gasteiger partial charge in [0, 0.05) is 24.3 Å². The Labute approximate surface area is 128 Å². The number of hydrogen-bond acceptors (Lipinski definition) is 3. The number of ether oxygens (including phenoxy) is 1. The summed E-state index contributed by atoms with van der Waals surface area (Å²) in [7, 11) is 0. The zero-order valence-corrected chi connectivity index (χ0v) is 13.6. The normalized spacial score (nSPS) is 29.4. The Kier molecular flexibility index (Phi) is 4.48. The second-order valence-electron chi connectivity index (χ2n) is 7.27. The fourth-order valence-electron chi connectivity index (χ4n) is 3.56. The van der Waals surface area contributed by atoms with Crippen molar-refractivity contribution in [1.82, 2.24) is 10.3 Å². The maximum Gasteiger partial charge on any atom is 0.214 e. The maximum absolute atomic E-state index is 6.20. The standard InChI is InChI=1S/C18H28N2O/c1-12-6-13(2)8-17(7-12)21-18-10-15(9-14(3)20-18)11-19-16-4-5-16/h9-10,12-13,16-17,19H,4-8,11H2,1-3H3. The molecule has 0 saturated heterocycles. The molecule has 2 saturated carbocycles. The number of rotatable bonds is 5. The molecule has 1 N–H and O–H groups in total. The number of pyridine rings is 1. The van der Waals surface area contributed by atoms with Crippen LogP contribution in [-0.4, -0.2) is 17.1 Å². The van der Waals surface area contributed by atoms with Crippen molar-refractivity contribution in [3.8, 4) is 5.88 Å². The molecule has 1 aromatic rings. The fourth-order valence-corrected chi connectivity index (χ4v) is 3.56. The van der Waals surface area contributed by atoms with Crippen molar-refractivity contribution >= 4 is 0 Å². The molecular formula is C18H28N2O. The van der Waals surface area contributed by atoms with E-state index in [0.717, 1.165) is 48.8 Å². The minimum absolute atomic E-state index is 0.335. The van der Waals surface area contributed by atoms with E-state index in [1.165, 1.54) is 24.8 Å². The molecule has 1 heterocycles. The van der Waals surface area contributed by atoms with Crippen molar-refractivity contribution in [2.24, 2.45) is 11.8 Å². The largest absolute Gasteiger partial charge is 0.474 e. The van der Waals surface area contributed by atoms with Crippen LogP contribution in [0, 0.1) is 18.8 Å². The van der Waals surface area contributed by atoms with E-state index in [0.29, 0.717) is 6.10 Å². The molecule has 0 spiro atoms. The number of nitrogens with zero attached hydrogens (tertiary/aromatic N) is 1. The first-order valence-corrected chi connectivity index (χ1v) is 8.46. The van der Waals surface area contributed by atoms with Gasteiger partial charge in [0.25, 0.3) is 0 Å². The summed E-state index contributed by atoms with van der Waals surface area (Å²) >= 11 is 0. The van der Waals surface area contributed by atoms with Crippen LogP contribution in [0.15, 0.2) is 12.1 Å². The zero-order valence-electron chi connectivity index (χ0n) is 13.6. The second kappa shape index (κ2) is 6.35. The van der Waals surface area contributed by atoms with E-state index >= 15 is 0 Å². The summed E-state index contributed by atoms with van der Waals surface area (Å²) in [6, 6.07) is 5.02. The van der Waals surface area contributed by atoms with Gasteiger partial charge in [-0.05, 0) is 62.5 Å². The molecule has 0 amide bonds. The highest BCUT2D eigenvalue weighted by Crippen LogP contribution is 2.31. The highest BCUT2D eigenvalue weighted by atomic mass is 16.5. The number of hydrogen-bond donors (Lipinski definition) is 1. The third-order valence-electron chi connectivity index (χ3n) is 4.58. The molecule has 1 aromatic heterocycles. The van der Waals surface area contributed by atoms with E-state index in [1.807, 2.05) is 0 Å². The highest BCUT2D eigenvalue weighted by Gasteiger charge is 2.25. The number of nitrogens with one attached hydrogen (secondary N) is 1. The summed E-state index contributed by atoms with van der Waals surface area (Å²) in [6.07, 6.45) is 6.64. The van der Waals surface area contributed by atoms with Gasteiger partial charge in [0.2, 0.25) is 5.88 Å². The van der Waals surface area contributed by atoms with Crippen LogP contribution in [0.1, 0.15) is 57.2 Å². The summed E-state index contributed by atoms with van der Waals surface area (Å²) < 4.78 is 6.20. The molecule has 2 aliphatic rings. The molecule has 116 valence electrons. The quantitative estimate of drug-likeness (QED) is 0.893. The van der Waals surface area contributed by atoms with Crippen molar-refractivity contribution < 1.29 is 4.74 Å². The van der Waals surface area contributed by atoms with Crippen molar-refractivity contribution in [3.63, 3.8) is 0 Å². The fraction of sp³-hybridized carbons (Fsp3) is 0.722. The Morgan fingerprint density at radius 2 is 1.86 bits per heavy atom. The van der Waals surface area contributed by atoms with E-state index in [9.17, 15) is 0 Å². The molecular weight excluding hydrogens is 260 g/mol. The minimum Gasteiger partial charge on any atom is -0.474 e. The molecule has 3 rings (SSSR count). The lowest BCUT2D eigenvalue weighted by molar-refractivity contribution is 0.0965.